The summed E-state index contributed by atoms with van der Waals surface area (Å²) in [5.74, 6) is 0.976. The van der Waals surface area contributed by atoms with E-state index in [0.29, 0.717) is 6.61 Å². The Morgan fingerprint density at radius 2 is 1.64 bits per heavy atom. The summed E-state index contributed by atoms with van der Waals surface area (Å²) < 4.78 is 5.69. The third kappa shape index (κ3) is 9.06. The molecule has 0 atom stereocenters. The van der Waals surface area contributed by atoms with Gasteiger partial charge in [-0.15, -0.1) is 0 Å². The van der Waals surface area contributed by atoms with Crippen molar-refractivity contribution < 1.29 is 9.84 Å². The summed E-state index contributed by atoms with van der Waals surface area (Å²) in [5.41, 5.74) is 1.34. The van der Waals surface area contributed by atoms with Gasteiger partial charge in [0.25, 0.3) is 0 Å². The largest absolute Gasteiger partial charge is 0.494 e. The molecule has 1 N–H and O–H groups in total. The number of benzene rings is 1. The first-order chi connectivity index (χ1) is 10.8. The Morgan fingerprint density at radius 1 is 0.955 bits per heavy atom. The second kappa shape index (κ2) is 12.5. The van der Waals surface area contributed by atoms with E-state index in [2.05, 4.69) is 43.1 Å². The summed E-state index contributed by atoms with van der Waals surface area (Å²) in [7, 11) is 2.18. The molecular weight excluding hydrogens is 274 g/mol. The number of rotatable bonds is 13. The van der Waals surface area contributed by atoms with Gasteiger partial charge in [0.1, 0.15) is 5.75 Å². The lowest BCUT2D eigenvalue weighted by Crippen LogP contribution is -2.19. The zero-order valence-electron chi connectivity index (χ0n) is 14.4. The normalized spacial score (nSPS) is 11.1. The van der Waals surface area contributed by atoms with Crippen LogP contribution in [0.2, 0.25) is 0 Å². The molecule has 0 fully saturated rings. The van der Waals surface area contributed by atoms with Gasteiger partial charge in [-0.2, -0.15) is 0 Å². The van der Waals surface area contributed by atoms with Gasteiger partial charge in [-0.05, 0) is 50.6 Å². The van der Waals surface area contributed by atoms with Crippen LogP contribution < -0.4 is 4.74 Å². The second-order valence-electron chi connectivity index (χ2n) is 6.08. The molecule has 0 spiro atoms. The van der Waals surface area contributed by atoms with Crippen molar-refractivity contribution in [1.29, 1.82) is 0 Å². The first-order valence-corrected chi connectivity index (χ1v) is 8.77. The molecule has 0 unspecified atom stereocenters. The molecular formula is C19H33NO2. The van der Waals surface area contributed by atoms with E-state index in [0.717, 1.165) is 44.7 Å². The van der Waals surface area contributed by atoms with Gasteiger partial charge in [-0.3, -0.25) is 0 Å². The van der Waals surface area contributed by atoms with E-state index in [1.165, 1.54) is 31.2 Å². The zero-order valence-corrected chi connectivity index (χ0v) is 14.4. The molecule has 3 nitrogen and oxygen atoms in total. The number of ether oxygens (including phenoxy) is 1. The van der Waals surface area contributed by atoms with Gasteiger partial charge < -0.3 is 14.7 Å². The Labute approximate surface area is 136 Å². The highest BCUT2D eigenvalue weighted by molar-refractivity contribution is 5.27. The van der Waals surface area contributed by atoms with Crippen molar-refractivity contribution in [2.45, 2.75) is 58.4 Å². The number of aliphatic hydroxyl groups is 1. The molecule has 0 aromatic heterocycles. The molecule has 3 heteroatoms. The fourth-order valence-corrected chi connectivity index (χ4v) is 2.44. The van der Waals surface area contributed by atoms with Crippen molar-refractivity contribution in [3.63, 3.8) is 0 Å². The van der Waals surface area contributed by atoms with E-state index < -0.39 is 0 Å². The van der Waals surface area contributed by atoms with Crippen LogP contribution in [-0.2, 0) is 6.54 Å². The average Bonchev–Trinajstić information content (AvgIpc) is 2.53. The molecule has 0 heterocycles. The topological polar surface area (TPSA) is 32.7 Å². The molecule has 1 rings (SSSR count). The third-order valence-corrected chi connectivity index (χ3v) is 3.84. The molecule has 0 amide bonds. The lowest BCUT2D eigenvalue weighted by atomic mass is 10.1. The summed E-state index contributed by atoms with van der Waals surface area (Å²) >= 11 is 0. The Morgan fingerprint density at radius 3 is 2.32 bits per heavy atom. The van der Waals surface area contributed by atoms with Crippen LogP contribution in [0.3, 0.4) is 0 Å². The van der Waals surface area contributed by atoms with Crippen LogP contribution in [0.25, 0.3) is 0 Å². The van der Waals surface area contributed by atoms with Gasteiger partial charge in [0.05, 0.1) is 6.61 Å². The van der Waals surface area contributed by atoms with E-state index in [1.54, 1.807) is 0 Å². The standard InChI is InChI=1S/C19H33NO2/c1-3-4-16-22-19-12-10-18(11-13-19)17-20(2)14-8-6-5-7-9-15-21/h10-13,21H,3-9,14-17H2,1-2H3. The maximum atomic E-state index is 8.74. The van der Waals surface area contributed by atoms with Crippen molar-refractivity contribution in [3.8, 4) is 5.75 Å². The van der Waals surface area contributed by atoms with Crippen molar-refractivity contribution in [2.75, 3.05) is 26.8 Å². The summed E-state index contributed by atoms with van der Waals surface area (Å²) in [5, 5.41) is 8.74. The number of unbranched alkanes of at least 4 members (excludes halogenated alkanes) is 5. The number of aliphatic hydroxyl groups excluding tert-OH is 1. The zero-order chi connectivity index (χ0) is 16.0. The number of hydrogen-bond acceptors (Lipinski definition) is 3. The van der Waals surface area contributed by atoms with Gasteiger partial charge in [-0.1, -0.05) is 44.7 Å². The summed E-state index contributed by atoms with van der Waals surface area (Å²) in [6.07, 6.45) is 8.11. The Hall–Kier alpha value is -1.06. The minimum Gasteiger partial charge on any atom is -0.494 e. The highest BCUT2D eigenvalue weighted by Crippen LogP contribution is 2.14. The predicted molar refractivity (Wildman–Crippen MR) is 93.3 cm³/mol. The highest BCUT2D eigenvalue weighted by Gasteiger charge is 2.01. The van der Waals surface area contributed by atoms with Crippen LogP contribution in [0.5, 0.6) is 5.75 Å². The predicted octanol–water partition coefficient (Wildman–Crippen LogP) is 4.24. The van der Waals surface area contributed by atoms with Gasteiger partial charge in [-0.25, -0.2) is 0 Å². The van der Waals surface area contributed by atoms with Crippen molar-refractivity contribution in [1.82, 2.24) is 4.90 Å². The molecule has 0 aliphatic heterocycles. The minimum atomic E-state index is 0.331. The van der Waals surface area contributed by atoms with E-state index in [4.69, 9.17) is 9.84 Å². The fraction of sp³-hybridized carbons (Fsp3) is 0.684. The Balaban J connectivity index is 2.16. The second-order valence-corrected chi connectivity index (χ2v) is 6.08. The van der Waals surface area contributed by atoms with Crippen molar-refractivity contribution >= 4 is 0 Å². The van der Waals surface area contributed by atoms with E-state index in [9.17, 15) is 0 Å². The van der Waals surface area contributed by atoms with Crippen LogP contribution in [0.4, 0.5) is 0 Å². The first kappa shape index (κ1) is 19.0. The molecule has 1 aromatic carbocycles. The van der Waals surface area contributed by atoms with E-state index >= 15 is 0 Å². The minimum absolute atomic E-state index is 0.331. The SMILES string of the molecule is CCCCOc1ccc(CN(C)CCCCCCCO)cc1. The molecule has 0 bridgehead atoms. The lowest BCUT2D eigenvalue weighted by Gasteiger charge is -2.17. The summed E-state index contributed by atoms with van der Waals surface area (Å²) in [6, 6.07) is 8.49. The molecule has 0 aliphatic rings. The molecule has 22 heavy (non-hydrogen) atoms. The molecule has 0 radical (unpaired) electrons. The Kier molecular flexibility index (Phi) is 10.8. The van der Waals surface area contributed by atoms with Crippen LogP contribution in [0.15, 0.2) is 24.3 Å². The smallest absolute Gasteiger partial charge is 0.119 e. The van der Waals surface area contributed by atoms with Crippen molar-refractivity contribution in [3.05, 3.63) is 29.8 Å². The van der Waals surface area contributed by atoms with Crippen LogP contribution in [-0.4, -0.2) is 36.8 Å². The number of hydrogen-bond donors (Lipinski definition) is 1. The van der Waals surface area contributed by atoms with E-state index in [-0.39, 0.29) is 0 Å². The Bertz CT molecular complexity index is 364. The maximum absolute atomic E-state index is 8.74. The van der Waals surface area contributed by atoms with Gasteiger partial charge in [0, 0.05) is 13.2 Å². The van der Waals surface area contributed by atoms with Gasteiger partial charge in [0.2, 0.25) is 0 Å². The average molecular weight is 307 g/mol. The van der Waals surface area contributed by atoms with Crippen LogP contribution in [0.1, 0.15) is 57.4 Å². The molecule has 1 aromatic rings. The molecule has 126 valence electrons. The van der Waals surface area contributed by atoms with Crippen molar-refractivity contribution in [2.24, 2.45) is 0 Å². The quantitative estimate of drug-likeness (QED) is 0.553. The fourth-order valence-electron chi connectivity index (χ4n) is 2.44. The maximum Gasteiger partial charge on any atom is 0.119 e. The lowest BCUT2D eigenvalue weighted by molar-refractivity contribution is 0.280. The monoisotopic (exact) mass is 307 g/mol. The van der Waals surface area contributed by atoms with Crippen LogP contribution >= 0.6 is 0 Å². The third-order valence-electron chi connectivity index (χ3n) is 3.84. The molecule has 0 saturated carbocycles. The highest BCUT2D eigenvalue weighted by atomic mass is 16.5. The molecule has 0 saturated heterocycles. The van der Waals surface area contributed by atoms with Crippen LogP contribution in [0, 0.1) is 0 Å². The number of nitrogens with zero attached hydrogens (tertiary/aromatic N) is 1. The molecule has 0 aliphatic carbocycles. The van der Waals surface area contributed by atoms with Gasteiger partial charge >= 0.3 is 0 Å². The summed E-state index contributed by atoms with van der Waals surface area (Å²) in [6.45, 7) is 5.44. The first-order valence-electron chi connectivity index (χ1n) is 8.77. The van der Waals surface area contributed by atoms with Gasteiger partial charge in [0.15, 0.2) is 0 Å². The van der Waals surface area contributed by atoms with E-state index in [1.807, 2.05) is 0 Å². The summed E-state index contributed by atoms with van der Waals surface area (Å²) in [4.78, 5) is 2.37.